The van der Waals surface area contributed by atoms with Gasteiger partial charge in [-0.05, 0) is 61.7 Å². The summed E-state index contributed by atoms with van der Waals surface area (Å²) in [6, 6.07) is 8.81. The van der Waals surface area contributed by atoms with Crippen molar-refractivity contribution in [2.75, 3.05) is 12.4 Å². The molecule has 0 heterocycles. The molecule has 0 radical (unpaired) electrons. The highest BCUT2D eigenvalue weighted by Crippen LogP contribution is 2.34. The first kappa shape index (κ1) is 15.8. The van der Waals surface area contributed by atoms with Gasteiger partial charge in [0.15, 0.2) is 11.6 Å². The summed E-state index contributed by atoms with van der Waals surface area (Å²) in [6.45, 7) is 0.514. The Balaban J connectivity index is 2.15. The van der Waals surface area contributed by atoms with E-state index in [2.05, 4.69) is 53.1 Å². The molecule has 2 aromatic carbocycles. The smallest absolute Gasteiger partial charge is 0.165 e. The zero-order valence-electron chi connectivity index (χ0n) is 10.5. The number of benzene rings is 2. The Hall–Kier alpha value is -0.590. The maximum atomic E-state index is 13.6. The van der Waals surface area contributed by atoms with Gasteiger partial charge in [-0.3, -0.25) is 0 Å². The lowest BCUT2D eigenvalue weighted by molar-refractivity contribution is 0.386. The minimum atomic E-state index is -0.360. The fourth-order valence-electron chi connectivity index (χ4n) is 1.72. The summed E-state index contributed by atoms with van der Waals surface area (Å²) >= 11 is 10.4. The lowest BCUT2D eigenvalue weighted by atomic mass is 10.2. The molecule has 2 aromatic rings. The minimum Gasteiger partial charge on any atom is -0.494 e. The topological polar surface area (TPSA) is 21.3 Å². The van der Waals surface area contributed by atoms with Crippen LogP contribution in [0, 0.1) is 5.82 Å². The van der Waals surface area contributed by atoms with Gasteiger partial charge in [0.2, 0.25) is 0 Å². The molecule has 0 spiro atoms. The Labute approximate surface area is 142 Å². The van der Waals surface area contributed by atoms with Gasteiger partial charge in [-0.15, -0.1) is 0 Å². The van der Waals surface area contributed by atoms with Crippen LogP contribution >= 0.6 is 47.8 Å². The zero-order chi connectivity index (χ0) is 14.7. The first-order valence-corrected chi connectivity index (χ1v) is 8.10. The van der Waals surface area contributed by atoms with Crippen molar-refractivity contribution in [2.45, 2.75) is 6.54 Å². The standard InChI is InChI=1S/C14H11Br3FNO/c1-20-13-3-2-8(4-12(13)18)7-19-14-10(16)5-9(15)6-11(14)17/h2-6,19H,7H2,1H3. The summed E-state index contributed by atoms with van der Waals surface area (Å²) in [5, 5.41) is 3.27. The molecule has 0 fully saturated rings. The summed E-state index contributed by atoms with van der Waals surface area (Å²) in [7, 11) is 1.45. The van der Waals surface area contributed by atoms with E-state index in [1.807, 2.05) is 18.2 Å². The summed E-state index contributed by atoms with van der Waals surface area (Å²) in [4.78, 5) is 0. The maximum Gasteiger partial charge on any atom is 0.165 e. The fraction of sp³-hybridized carbons (Fsp3) is 0.143. The number of nitrogens with one attached hydrogen (secondary N) is 1. The van der Waals surface area contributed by atoms with Gasteiger partial charge in [-0.2, -0.15) is 0 Å². The van der Waals surface area contributed by atoms with Crippen LogP contribution in [0.1, 0.15) is 5.56 Å². The summed E-state index contributed by atoms with van der Waals surface area (Å²) in [6.07, 6.45) is 0. The number of methoxy groups -OCH3 is 1. The van der Waals surface area contributed by atoms with Gasteiger partial charge < -0.3 is 10.1 Å². The van der Waals surface area contributed by atoms with E-state index >= 15 is 0 Å². The molecule has 0 aliphatic heterocycles. The van der Waals surface area contributed by atoms with Crippen LogP contribution in [0.4, 0.5) is 10.1 Å². The second-order valence-corrected chi connectivity index (χ2v) is 6.69. The summed E-state index contributed by atoms with van der Waals surface area (Å²) in [5.74, 6) is -0.111. The van der Waals surface area contributed by atoms with Crippen LogP contribution in [0.5, 0.6) is 5.75 Å². The monoisotopic (exact) mass is 465 g/mol. The van der Waals surface area contributed by atoms with E-state index in [1.54, 1.807) is 6.07 Å². The van der Waals surface area contributed by atoms with Gasteiger partial charge in [-0.1, -0.05) is 22.0 Å². The molecule has 0 saturated carbocycles. The maximum absolute atomic E-state index is 13.6. The molecule has 20 heavy (non-hydrogen) atoms. The number of rotatable bonds is 4. The van der Waals surface area contributed by atoms with E-state index in [-0.39, 0.29) is 11.6 Å². The van der Waals surface area contributed by atoms with Gasteiger partial charge >= 0.3 is 0 Å². The highest BCUT2D eigenvalue weighted by atomic mass is 79.9. The van der Waals surface area contributed by atoms with Crippen molar-refractivity contribution in [3.8, 4) is 5.75 Å². The van der Waals surface area contributed by atoms with Gasteiger partial charge in [0, 0.05) is 20.0 Å². The molecule has 0 unspecified atom stereocenters. The van der Waals surface area contributed by atoms with Crippen LogP contribution < -0.4 is 10.1 Å². The molecule has 0 bridgehead atoms. The molecular weight excluding hydrogens is 457 g/mol. The number of halogens is 4. The molecule has 2 nitrogen and oxygen atoms in total. The van der Waals surface area contributed by atoms with Crippen molar-refractivity contribution >= 4 is 53.5 Å². The zero-order valence-corrected chi connectivity index (χ0v) is 15.3. The van der Waals surface area contributed by atoms with E-state index in [0.717, 1.165) is 24.7 Å². The summed E-state index contributed by atoms with van der Waals surface area (Å²) in [5.41, 5.74) is 1.76. The second-order valence-electron chi connectivity index (χ2n) is 4.07. The third-order valence-corrected chi connectivity index (χ3v) is 4.40. The summed E-state index contributed by atoms with van der Waals surface area (Å²) < 4.78 is 21.3. The average Bonchev–Trinajstić information content (AvgIpc) is 2.37. The quantitative estimate of drug-likeness (QED) is 0.619. The van der Waals surface area contributed by atoms with Crippen LogP contribution in [-0.2, 0) is 6.54 Å². The lowest BCUT2D eigenvalue weighted by Gasteiger charge is -2.12. The molecular formula is C14H11Br3FNO. The van der Waals surface area contributed by atoms with Crippen molar-refractivity contribution < 1.29 is 9.13 Å². The van der Waals surface area contributed by atoms with Crippen molar-refractivity contribution in [1.82, 2.24) is 0 Å². The molecule has 0 saturated heterocycles. The van der Waals surface area contributed by atoms with Crippen LogP contribution in [0.25, 0.3) is 0 Å². The third kappa shape index (κ3) is 3.74. The molecule has 0 atom stereocenters. The fourth-order valence-corrected chi connectivity index (χ4v) is 4.26. The molecule has 0 amide bonds. The molecule has 0 aliphatic carbocycles. The molecule has 1 N–H and O–H groups in total. The van der Waals surface area contributed by atoms with Crippen LogP contribution in [0.15, 0.2) is 43.7 Å². The number of ether oxygens (including phenoxy) is 1. The van der Waals surface area contributed by atoms with E-state index < -0.39 is 0 Å². The molecule has 2 rings (SSSR count). The first-order valence-electron chi connectivity index (χ1n) is 5.72. The van der Waals surface area contributed by atoms with Crippen LogP contribution in [-0.4, -0.2) is 7.11 Å². The molecule has 0 aromatic heterocycles. The van der Waals surface area contributed by atoms with Gasteiger partial charge in [0.1, 0.15) is 0 Å². The van der Waals surface area contributed by atoms with Gasteiger partial charge in [0.25, 0.3) is 0 Å². The van der Waals surface area contributed by atoms with Crippen LogP contribution in [0.3, 0.4) is 0 Å². The number of hydrogen-bond donors (Lipinski definition) is 1. The van der Waals surface area contributed by atoms with Gasteiger partial charge in [0.05, 0.1) is 12.8 Å². The van der Waals surface area contributed by atoms with E-state index in [1.165, 1.54) is 13.2 Å². The Morgan fingerprint density at radius 2 is 1.75 bits per heavy atom. The Morgan fingerprint density at radius 3 is 2.30 bits per heavy atom. The minimum absolute atomic E-state index is 0.250. The van der Waals surface area contributed by atoms with Crippen molar-refractivity contribution in [3.63, 3.8) is 0 Å². The van der Waals surface area contributed by atoms with E-state index in [9.17, 15) is 4.39 Å². The second kappa shape index (κ2) is 6.91. The van der Waals surface area contributed by atoms with E-state index in [0.29, 0.717) is 6.54 Å². The predicted molar refractivity (Wildman–Crippen MR) is 89.8 cm³/mol. The van der Waals surface area contributed by atoms with Crippen molar-refractivity contribution in [1.29, 1.82) is 0 Å². The molecule has 0 aliphatic rings. The number of hydrogen-bond acceptors (Lipinski definition) is 2. The lowest BCUT2D eigenvalue weighted by Crippen LogP contribution is -2.02. The highest BCUT2D eigenvalue weighted by molar-refractivity contribution is 9.11. The SMILES string of the molecule is COc1ccc(CNc2c(Br)cc(Br)cc2Br)cc1F. The largest absolute Gasteiger partial charge is 0.494 e. The van der Waals surface area contributed by atoms with E-state index in [4.69, 9.17) is 4.74 Å². The molecule has 6 heteroatoms. The Morgan fingerprint density at radius 1 is 1.10 bits per heavy atom. The Kier molecular flexibility index (Phi) is 5.46. The molecule has 106 valence electrons. The third-order valence-electron chi connectivity index (χ3n) is 2.69. The normalized spacial score (nSPS) is 10.4. The van der Waals surface area contributed by atoms with Crippen molar-refractivity contribution in [2.24, 2.45) is 0 Å². The Bertz CT molecular complexity index is 611. The highest BCUT2D eigenvalue weighted by Gasteiger charge is 2.08. The number of anilines is 1. The van der Waals surface area contributed by atoms with Crippen molar-refractivity contribution in [3.05, 3.63) is 55.1 Å². The predicted octanol–water partition coefficient (Wildman–Crippen LogP) is 5.73. The average molecular weight is 468 g/mol. The van der Waals surface area contributed by atoms with Crippen LogP contribution in [0.2, 0.25) is 0 Å². The van der Waals surface area contributed by atoms with Gasteiger partial charge in [-0.25, -0.2) is 4.39 Å². The first-order chi connectivity index (χ1) is 9.51.